The second-order valence-corrected chi connectivity index (χ2v) is 4.87. The second-order valence-electron chi connectivity index (χ2n) is 4.87. The van der Waals surface area contributed by atoms with E-state index in [1.807, 2.05) is 37.3 Å². The maximum Gasteiger partial charge on any atom is 0.240 e. The summed E-state index contributed by atoms with van der Waals surface area (Å²) in [6.45, 7) is 3.09. The molecule has 0 bridgehead atoms. The first-order chi connectivity index (χ1) is 8.62. The highest BCUT2D eigenvalue weighted by molar-refractivity contribution is 5.86. The molecule has 1 amide bonds. The zero-order valence-electron chi connectivity index (χ0n) is 10.7. The number of benzene rings is 1. The molecule has 1 fully saturated rings. The Hall–Kier alpha value is -1.39. The van der Waals surface area contributed by atoms with Gasteiger partial charge in [-0.05, 0) is 25.3 Å². The van der Waals surface area contributed by atoms with Crippen LogP contribution in [0.15, 0.2) is 30.3 Å². The maximum absolute atomic E-state index is 12.2. The number of nitrogens with one attached hydrogen (secondary N) is 1. The predicted molar refractivity (Wildman–Crippen MR) is 70.0 cm³/mol. The minimum atomic E-state index is -0.776. The summed E-state index contributed by atoms with van der Waals surface area (Å²) < 4.78 is 5.24. The van der Waals surface area contributed by atoms with Crippen LogP contribution in [0.4, 0.5) is 0 Å². The van der Waals surface area contributed by atoms with E-state index in [9.17, 15) is 4.79 Å². The summed E-state index contributed by atoms with van der Waals surface area (Å²) in [5.41, 5.74) is 6.45. The smallest absolute Gasteiger partial charge is 0.240 e. The molecule has 0 unspecified atom stereocenters. The van der Waals surface area contributed by atoms with Gasteiger partial charge in [0.1, 0.15) is 0 Å². The largest absolute Gasteiger partial charge is 0.381 e. The Morgan fingerprint density at radius 1 is 1.33 bits per heavy atom. The molecule has 0 aromatic heterocycles. The lowest BCUT2D eigenvalue weighted by Gasteiger charge is -2.33. The molecular formula is C14H20N2O2. The Morgan fingerprint density at radius 2 is 1.94 bits per heavy atom. The van der Waals surface area contributed by atoms with Crippen molar-refractivity contribution in [1.82, 2.24) is 5.32 Å². The van der Waals surface area contributed by atoms with Crippen molar-refractivity contribution in [2.75, 3.05) is 13.2 Å². The molecule has 4 nitrogen and oxygen atoms in total. The minimum absolute atomic E-state index is 0.0260. The molecular weight excluding hydrogens is 228 g/mol. The van der Waals surface area contributed by atoms with Crippen LogP contribution >= 0.6 is 0 Å². The highest BCUT2D eigenvalue weighted by Crippen LogP contribution is 2.20. The topological polar surface area (TPSA) is 64.4 Å². The molecule has 1 aromatic rings. The fourth-order valence-electron chi connectivity index (χ4n) is 2.13. The van der Waals surface area contributed by atoms with E-state index in [4.69, 9.17) is 10.5 Å². The average Bonchev–Trinajstić information content (AvgIpc) is 2.40. The molecule has 18 heavy (non-hydrogen) atoms. The van der Waals surface area contributed by atoms with Crippen LogP contribution in [0.2, 0.25) is 0 Å². The summed E-state index contributed by atoms with van der Waals surface area (Å²) in [6.07, 6.45) is 1.17. The zero-order valence-corrected chi connectivity index (χ0v) is 10.7. The number of carbonyl (C=O) groups excluding carboxylic acids is 1. The number of ether oxygens (including phenoxy) is 1. The molecule has 0 spiro atoms. The van der Waals surface area contributed by atoms with Gasteiger partial charge in [0, 0.05) is 13.2 Å². The van der Waals surface area contributed by atoms with Crippen LogP contribution in [0.3, 0.4) is 0 Å². The first-order valence-corrected chi connectivity index (χ1v) is 6.34. The van der Waals surface area contributed by atoms with Crippen molar-refractivity contribution in [3.8, 4) is 0 Å². The lowest BCUT2D eigenvalue weighted by Crippen LogP contribution is -2.57. The zero-order chi connectivity index (χ0) is 13.0. The normalized spacial score (nSPS) is 20.1. The fourth-order valence-corrected chi connectivity index (χ4v) is 2.13. The molecule has 1 aromatic carbocycles. The summed E-state index contributed by atoms with van der Waals surface area (Å²) in [5, 5.41) is 2.99. The number of nitrogens with two attached hydrogens (primary N) is 1. The molecule has 0 saturated carbocycles. The Kier molecular flexibility index (Phi) is 3.99. The third-order valence-corrected chi connectivity index (χ3v) is 3.48. The van der Waals surface area contributed by atoms with Gasteiger partial charge in [-0.15, -0.1) is 0 Å². The Bertz CT molecular complexity index is 400. The van der Waals surface area contributed by atoms with E-state index in [2.05, 4.69) is 5.32 Å². The van der Waals surface area contributed by atoms with Crippen molar-refractivity contribution >= 4 is 5.91 Å². The van der Waals surface area contributed by atoms with E-state index in [1.165, 1.54) is 0 Å². The monoisotopic (exact) mass is 248 g/mol. The molecule has 4 heteroatoms. The van der Waals surface area contributed by atoms with Crippen LogP contribution in [0, 0.1) is 0 Å². The molecule has 1 aliphatic rings. The van der Waals surface area contributed by atoms with Crippen molar-refractivity contribution in [1.29, 1.82) is 0 Å². The van der Waals surface area contributed by atoms with Gasteiger partial charge in [-0.1, -0.05) is 30.3 Å². The molecule has 2 rings (SSSR count). The van der Waals surface area contributed by atoms with Gasteiger partial charge in [-0.25, -0.2) is 0 Å². The minimum Gasteiger partial charge on any atom is -0.381 e. The predicted octanol–water partition coefficient (Wildman–Crippen LogP) is 1.37. The molecule has 1 aliphatic heterocycles. The summed E-state index contributed by atoms with van der Waals surface area (Å²) in [6, 6.07) is 9.86. The van der Waals surface area contributed by atoms with Crippen LogP contribution < -0.4 is 11.1 Å². The van der Waals surface area contributed by atoms with Crippen molar-refractivity contribution < 1.29 is 9.53 Å². The summed E-state index contributed by atoms with van der Waals surface area (Å²) in [4.78, 5) is 12.2. The van der Waals surface area contributed by atoms with Crippen molar-refractivity contribution in [3.05, 3.63) is 35.9 Å². The number of rotatable bonds is 3. The van der Waals surface area contributed by atoms with Gasteiger partial charge in [0.05, 0.1) is 11.6 Å². The van der Waals surface area contributed by atoms with E-state index < -0.39 is 5.54 Å². The first-order valence-electron chi connectivity index (χ1n) is 6.34. The number of amides is 1. The number of hydrogen-bond donors (Lipinski definition) is 2. The number of carbonyl (C=O) groups is 1. The van der Waals surface area contributed by atoms with Crippen LogP contribution in [-0.2, 0) is 9.53 Å². The summed E-state index contributed by atoms with van der Waals surface area (Å²) in [5.74, 6) is -0.0813. The van der Waals surface area contributed by atoms with E-state index in [-0.39, 0.29) is 11.9 Å². The standard InChI is InChI=1S/C14H20N2O2/c1-11(12-5-3-2-4-6-12)16-13(17)14(15)7-9-18-10-8-14/h2-6,11H,7-10,15H2,1H3,(H,16,17)/t11-/m0/s1. The van der Waals surface area contributed by atoms with E-state index >= 15 is 0 Å². The third kappa shape index (κ3) is 2.89. The van der Waals surface area contributed by atoms with Gasteiger partial charge in [0.25, 0.3) is 0 Å². The number of hydrogen-bond acceptors (Lipinski definition) is 3. The Balaban J connectivity index is 1.98. The SMILES string of the molecule is C[C@H](NC(=O)C1(N)CCOCC1)c1ccccc1. The van der Waals surface area contributed by atoms with Crippen LogP contribution in [0.25, 0.3) is 0 Å². The van der Waals surface area contributed by atoms with Crippen molar-refractivity contribution in [2.45, 2.75) is 31.3 Å². The van der Waals surface area contributed by atoms with Gasteiger partial charge < -0.3 is 15.8 Å². The van der Waals surface area contributed by atoms with Gasteiger partial charge in [-0.2, -0.15) is 0 Å². The van der Waals surface area contributed by atoms with E-state index in [1.54, 1.807) is 0 Å². The lowest BCUT2D eigenvalue weighted by molar-refractivity contribution is -0.130. The Labute approximate surface area is 108 Å². The summed E-state index contributed by atoms with van der Waals surface area (Å²) in [7, 11) is 0. The third-order valence-electron chi connectivity index (χ3n) is 3.48. The molecule has 1 atom stereocenters. The van der Waals surface area contributed by atoms with Gasteiger partial charge >= 0.3 is 0 Å². The van der Waals surface area contributed by atoms with Crippen LogP contribution in [0.5, 0.6) is 0 Å². The van der Waals surface area contributed by atoms with Crippen LogP contribution in [0.1, 0.15) is 31.4 Å². The Morgan fingerprint density at radius 3 is 2.56 bits per heavy atom. The first kappa shape index (κ1) is 13.1. The molecule has 0 aliphatic carbocycles. The van der Waals surface area contributed by atoms with Crippen molar-refractivity contribution in [3.63, 3.8) is 0 Å². The second kappa shape index (κ2) is 5.50. The van der Waals surface area contributed by atoms with Crippen LogP contribution in [-0.4, -0.2) is 24.7 Å². The lowest BCUT2D eigenvalue weighted by atomic mass is 9.90. The molecule has 98 valence electrons. The fraction of sp³-hybridized carbons (Fsp3) is 0.500. The van der Waals surface area contributed by atoms with Gasteiger partial charge in [0.15, 0.2) is 0 Å². The quantitative estimate of drug-likeness (QED) is 0.849. The highest BCUT2D eigenvalue weighted by atomic mass is 16.5. The van der Waals surface area contributed by atoms with Crippen molar-refractivity contribution in [2.24, 2.45) is 5.73 Å². The van der Waals surface area contributed by atoms with Gasteiger partial charge in [-0.3, -0.25) is 4.79 Å². The van der Waals surface area contributed by atoms with E-state index in [0.717, 1.165) is 5.56 Å². The maximum atomic E-state index is 12.2. The van der Waals surface area contributed by atoms with E-state index in [0.29, 0.717) is 26.1 Å². The molecule has 1 saturated heterocycles. The average molecular weight is 248 g/mol. The van der Waals surface area contributed by atoms with Gasteiger partial charge in [0.2, 0.25) is 5.91 Å². The highest BCUT2D eigenvalue weighted by Gasteiger charge is 2.36. The molecule has 1 heterocycles. The summed E-state index contributed by atoms with van der Waals surface area (Å²) >= 11 is 0. The molecule has 3 N–H and O–H groups in total. The molecule has 0 radical (unpaired) electrons.